The molecule has 1 aliphatic carbocycles. The molecular formula is C25H30FN5O3. The van der Waals surface area contributed by atoms with Crippen LogP contribution < -0.4 is 5.32 Å². The van der Waals surface area contributed by atoms with Crippen molar-refractivity contribution in [3.05, 3.63) is 59.9 Å². The Kier molecular flexibility index (Phi) is 7.84. The average Bonchev–Trinajstić information content (AvgIpc) is 3.25. The van der Waals surface area contributed by atoms with Crippen LogP contribution in [0.5, 0.6) is 0 Å². The maximum absolute atomic E-state index is 14.9. The standard InChI is InChI=1S/C25H30FN5O3/c1-34-16-15-30(23(32)17-31-22-14-8-7-13-21(22)28-29-31)24(19-11-5-6-12-20(19)26)25(33)27-18-9-3-2-4-10-18/h5-8,11-14,18,24H,2-4,9-10,15-17H2,1H3,(H,27,33). The van der Waals surface area contributed by atoms with Gasteiger partial charge in [0.2, 0.25) is 11.8 Å². The topological polar surface area (TPSA) is 89.3 Å². The predicted molar refractivity (Wildman–Crippen MR) is 125 cm³/mol. The fourth-order valence-electron chi connectivity index (χ4n) is 4.52. The number of carbonyl (C=O) groups excluding carboxylic acids is 2. The van der Waals surface area contributed by atoms with Crippen LogP contribution in [0.15, 0.2) is 48.5 Å². The summed E-state index contributed by atoms with van der Waals surface area (Å²) in [6.07, 6.45) is 4.99. The number of aromatic nitrogens is 3. The summed E-state index contributed by atoms with van der Waals surface area (Å²) in [6.45, 7) is 0.191. The predicted octanol–water partition coefficient (Wildman–Crippen LogP) is 3.24. The molecule has 0 spiro atoms. The minimum Gasteiger partial charge on any atom is -0.383 e. The van der Waals surface area contributed by atoms with E-state index in [4.69, 9.17) is 4.74 Å². The molecule has 0 aliphatic heterocycles. The van der Waals surface area contributed by atoms with Crippen LogP contribution in [0.4, 0.5) is 4.39 Å². The number of nitrogens with one attached hydrogen (secondary N) is 1. The molecule has 3 aromatic rings. The van der Waals surface area contributed by atoms with E-state index in [1.165, 1.54) is 22.8 Å². The molecule has 9 heteroatoms. The molecule has 1 unspecified atom stereocenters. The molecular weight excluding hydrogens is 437 g/mol. The number of methoxy groups -OCH3 is 1. The number of rotatable bonds is 9. The van der Waals surface area contributed by atoms with Crippen LogP contribution in [0.2, 0.25) is 0 Å². The maximum Gasteiger partial charge on any atom is 0.247 e. The van der Waals surface area contributed by atoms with Crippen LogP contribution in [-0.4, -0.2) is 58.0 Å². The Morgan fingerprint density at radius 2 is 1.88 bits per heavy atom. The summed E-state index contributed by atoms with van der Waals surface area (Å²) < 4.78 is 21.6. The van der Waals surface area contributed by atoms with Gasteiger partial charge in [0.15, 0.2) is 0 Å². The van der Waals surface area contributed by atoms with Gasteiger partial charge < -0.3 is 15.0 Å². The van der Waals surface area contributed by atoms with E-state index in [1.54, 1.807) is 18.2 Å². The average molecular weight is 468 g/mol. The number of nitrogens with zero attached hydrogens (tertiary/aromatic N) is 4. The van der Waals surface area contributed by atoms with Gasteiger partial charge in [0.1, 0.15) is 23.9 Å². The first-order chi connectivity index (χ1) is 16.6. The molecule has 8 nitrogen and oxygen atoms in total. The quantitative estimate of drug-likeness (QED) is 0.522. The summed E-state index contributed by atoms with van der Waals surface area (Å²) in [6, 6.07) is 12.3. The Labute approximate surface area is 198 Å². The number of amides is 2. The van der Waals surface area contributed by atoms with E-state index in [2.05, 4.69) is 15.6 Å². The summed E-state index contributed by atoms with van der Waals surface area (Å²) in [5.41, 5.74) is 1.53. The van der Waals surface area contributed by atoms with Crippen molar-refractivity contribution in [3.63, 3.8) is 0 Å². The maximum atomic E-state index is 14.9. The Morgan fingerprint density at radius 1 is 1.15 bits per heavy atom. The first-order valence-corrected chi connectivity index (χ1v) is 11.7. The van der Waals surface area contributed by atoms with E-state index in [-0.39, 0.29) is 43.1 Å². The second-order valence-corrected chi connectivity index (χ2v) is 8.58. The summed E-state index contributed by atoms with van der Waals surface area (Å²) in [5.74, 6) is -1.29. The van der Waals surface area contributed by atoms with Crippen molar-refractivity contribution >= 4 is 22.8 Å². The molecule has 1 saturated carbocycles. The van der Waals surface area contributed by atoms with Gasteiger partial charge >= 0.3 is 0 Å². The number of carbonyl (C=O) groups is 2. The van der Waals surface area contributed by atoms with Gasteiger partial charge in [-0.25, -0.2) is 9.07 Å². The summed E-state index contributed by atoms with van der Waals surface area (Å²) >= 11 is 0. The molecule has 180 valence electrons. The van der Waals surface area contributed by atoms with Crippen LogP contribution >= 0.6 is 0 Å². The number of hydrogen-bond donors (Lipinski definition) is 1. The number of para-hydroxylation sites is 1. The van der Waals surface area contributed by atoms with Crippen molar-refractivity contribution in [1.29, 1.82) is 0 Å². The van der Waals surface area contributed by atoms with Crippen molar-refractivity contribution in [2.24, 2.45) is 0 Å². The zero-order chi connectivity index (χ0) is 23.9. The largest absolute Gasteiger partial charge is 0.383 e. The minimum atomic E-state index is -1.12. The number of fused-ring (bicyclic) bond motifs is 1. The molecule has 1 aromatic heterocycles. The molecule has 2 amide bonds. The van der Waals surface area contributed by atoms with Crippen molar-refractivity contribution < 1.29 is 18.7 Å². The molecule has 2 aromatic carbocycles. The monoisotopic (exact) mass is 467 g/mol. The van der Waals surface area contributed by atoms with E-state index >= 15 is 0 Å². The zero-order valence-electron chi connectivity index (χ0n) is 19.3. The third-order valence-corrected chi connectivity index (χ3v) is 6.27. The van der Waals surface area contributed by atoms with E-state index in [1.807, 2.05) is 24.3 Å². The molecule has 0 radical (unpaired) electrons. The molecule has 1 N–H and O–H groups in total. The smallest absolute Gasteiger partial charge is 0.247 e. The van der Waals surface area contributed by atoms with Gasteiger partial charge in [-0.15, -0.1) is 5.10 Å². The van der Waals surface area contributed by atoms with Crippen molar-refractivity contribution in [1.82, 2.24) is 25.2 Å². The molecule has 0 bridgehead atoms. The van der Waals surface area contributed by atoms with E-state index in [0.29, 0.717) is 11.0 Å². The summed E-state index contributed by atoms with van der Waals surface area (Å²) in [5, 5.41) is 11.3. The number of halogens is 1. The Morgan fingerprint density at radius 3 is 2.65 bits per heavy atom. The highest BCUT2D eigenvalue weighted by Crippen LogP contribution is 2.26. The lowest BCUT2D eigenvalue weighted by Gasteiger charge is -2.33. The highest BCUT2D eigenvalue weighted by Gasteiger charge is 2.34. The lowest BCUT2D eigenvalue weighted by Crippen LogP contribution is -2.49. The van der Waals surface area contributed by atoms with Crippen molar-refractivity contribution in [3.8, 4) is 0 Å². The van der Waals surface area contributed by atoms with Gasteiger partial charge in [0.25, 0.3) is 0 Å². The van der Waals surface area contributed by atoms with Crippen LogP contribution in [0.1, 0.15) is 43.7 Å². The van der Waals surface area contributed by atoms with Gasteiger partial charge in [-0.3, -0.25) is 9.59 Å². The third kappa shape index (κ3) is 5.41. The molecule has 34 heavy (non-hydrogen) atoms. The normalized spacial score (nSPS) is 15.2. The van der Waals surface area contributed by atoms with Crippen LogP contribution in [-0.2, 0) is 20.9 Å². The first kappa shape index (κ1) is 23.8. The first-order valence-electron chi connectivity index (χ1n) is 11.7. The Balaban J connectivity index is 1.65. The SMILES string of the molecule is COCCN(C(=O)Cn1nnc2ccccc21)C(C(=O)NC1CCCCC1)c1ccccc1F. The number of ether oxygens (including phenoxy) is 1. The molecule has 1 fully saturated rings. The molecule has 4 rings (SSSR count). The Bertz CT molecular complexity index is 1130. The summed E-state index contributed by atoms with van der Waals surface area (Å²) in [7, 11) is 1.52. The lowest BCUT2D eigenvalue weighted by atomic mass is 9.94. The molecule has 1 heterocycles. The summed E-state index contributed by atoms with van der Waals surface area (Å²) in [4.78, 5) is 28.5. The van der Waals surface area contributed by atoms with Crippen LogP contribution in [0.25, 0.3) is 11.0 Å². The molecule has 1 aliphatic rings. The van der Waals surface area contributed by atoms with Crippen LogP contribution in [0.3, 0.4) is 0 Å². The highest BCUT2D eigenvalue weighted by molar-refractivity contribution is 5.89. The van der Waals surface area contributed by atoms with Crippen molar-refractivity contribution in [2.45, 2.75) is 50.7 Å². The van der Waals surface area contributed by atoms with E-state index < -0.39 is 11.9 Å². The van der Waals surface area contributed by atoms with Gasteiger partial charge in [-0.1, -0.05) is 54.8 Å². The Hall–Kier alpha value is -3.33. The van der Waals surface area contributed by atoms with E-state index in [0.717, 1.165) is 32.1 Å². The molecule has 1 atom stereocenters. The lowest BCUT2D eigenvalue weighted by molar-refractivity contribution is -0.142. The fraction of sp³-hybridized carbons (Fsp3) is 0.440. The zero-order valence-corrected chi connectivity index (χ0v) is 19.3. The van der Waals surface area contributed by atoms with Gasteiger partial charge in [-0.2, -0.15) is 0 Å². The van der Waals surface area contributed by atoms with E-state index in [9.17, 15) is 14.0 Å². The van der Waals surface area contributed by atoms with Crippen LogP contribution in [0, 0.1) is 5.82 Å². The second-order valence-electron chi connectivity index (χ2n) is 8.58. The van der Waals surface area contributed by atoms with Gasteiger partial charge in [-0.05, 0) is 31.0 Å². The fourth-order valence-corrected chi connectivity index (χ4v) is 4.52. The van der Waals surface area contributed by atoms with Gasteiger partial charge in [0.05, 0.1) is 12.1 Å². The second kappa shape index (κ2) is 11.2. The molecule has 0 saturated heterocycles. The van der Waals surface area contributed by atoms with Crippen molar-refractivity contribution in [2.75, 3.05) is 20.3 Å². The number of hydrogen-bond acceptors (Lipinski definition) is 5. The van der Waals surface area contributed by atoms with Gasteiger partial charge in [0, 0.05) is 25.3 Å². The highest BCUT2D eigenvalue weighted by atomic mass is 19.1. The number of benzene rings is 2. The minimum absolute atomic E-state index is 0.0224. The third-order valence-electron chi connectivity index (χ3n) is 6.27.